The maximum Gasteiger partial charge on any atom is 0.313 e. The topological polar surface area (TPSA) is 76.0 Å². The number of aromatic nitrogens is 2. The van der Waals surface area contributed by atoms with Gasteiger partial charge in [-0.2, -0.15) is 5.10 Å². The number of para-hydroxylation sites is 1. The molecule has 0 spiro atoms. The van der Waals surface area contributed by atoms with E-state index in [0.717, 1.165) is 4.90 Å². The lowest BCUT2D eigenvalue weighted by Crippen LogP contribution is -2.42. The highest BCUT2D eigenvalue weighted by Crippen LogP contribution is 2.37. The summed E-state index contributed by atoms with van der Waals surface area (Å²) < 4.78 is 1.72. The molecule has 0 aliphatic heterocycles. The molecule has 7 heteroatoms. The van der Waals surface area contributed by atoms with Crippen LogP contribution in [0, 0.1) is 0 Å². The number of rotatable bonds is 6. The molecule has 0 bridgehead atoms. The third-order valence-electron chi connectivity index (χ3n) is 4.33. The summed E-state index contributed by atoms with van der Waals surface area (Å²) in [6.45, 7) is 2.36. The lowest BCUT2D eigenvalue weighted by molar-refractivity contribution is -0.136. The van der Waals surface area contributed by atoms with Crippen molar-refractivity contribution >= 4 is 29.3 Å². The molecule has 1 fully saturated rings. The molecule has 1 saturated carbocycles. The van der Waals surface area contributed by atoms with Crippen LogP contribution >= 0.6 is 11.8 Å². The number of hydrogen-bond donors (Lipinski definition) is 2. The van der Waals surface area contributed by atoms with Crippen molar-refractivity contribution in [2.24, 2.45) is 0 Å². The molecule has 2 N–H and O–H groups in total. The van der Waals surface area contributed by atoms with E-state index >= 15 is 0 Å². The van der Waals surface area contributed by atoms with Crippen molar-refractivity contribution < 1.29 is 9.59 Å². The zero-order chi connectivity index (χ0) is 18.4. The molecule has 1 atom stereocenters. The minimum absolute atomic E-state index is 0.198. The van der Waals surface area contributed by atoms with Gasteiger partial charge in [-0.1, -0.05) is 25.0 Å². The van der Waals surface area contributed by atoms with Crippen LogP contribution in [0.15, 0.2) is 47.6 Å². The molecule has 1 heterocycles. The summed E-state index contributed by atoms with van der Waals surface area (Å²) in [7, 11) is 0. The third-order valence-corrected chi connectivity index (χ3v) is 5.75. The third kappa shape index (κ3) is 5.11. The first-order valence-electron chi connectivity index (χ1n) is 8.97. The van der Waals surface area contributed by atoms with E-state index in [4.69, 9.17) is 0 Å². The van der Waals surface area contributed by atoms with Crippen LogP contribution in [0.2, 0.25) is 0 Å². The molecule has 0 saturated heterocycles. The Labute approximate surface area is 157 Å². The van der Waals surface area contributed by atoms with Gasteiger partial charge in [-0.25, -0.2) is 0 Å². The van der Waals surface area contributed by atoms with Crippen LogP contribution in [-0.4, -0.2) is 32.9 Å². The van der Waals surface area contributed by atoms with Gasteiger partial charge in [0.15, 0.2) is 0 Å². The molecule has 1 aromatic heterocycles. The molecule has 138 valence electrons. The van der Waals surface area contributed by atoms with Crippen molar-refractivity contribution in [1.82, 2.24) is 15.1 Å². The summed E-state index contributed by atoms with van der Waals surface area (Å²) in [5.74, 6) is -1.28. The smallest absolute Gasteiger partial charge is 0.313 e. The minimum atomic E-state index is -0.642. The maximum atomic E-state index is 12.3. The number of carbonyl (C=O) groups excluding carboxylic acids is 2. The van der Waals surface area contributed by atoms with Gasteiger partial charge in [0.1, 0.15) is 0 Å². The number of hydrogen-bond acceptors (Lipinski definition) is 4. The van der Waals surface area contributed by atoms with Crippen molar-refractivity contribution in [2.75, 3.05) is 5.32 Å². The Bertz CT molecular complexity index is 742. The minimum Gasteiger partial charge on any atom is -0.344 e. The van der Waals surface area contributed by atoms with Crippen LogP contribution in [0.4, 0.5) is 5.69 Å². The molecule has 2 aromatic rings. The van der Waals surface area contributed by atoms with E-state index in [1.807, 2.05) is 43.5 Å². The molecule has 1 aliphatic carbocycles. The number of thioether (sulfide) groups is 1. The van der Waals surface area contributed by atoms with Crippen molar-refractivity contribution in [3.8, 4) is 0 Å². The zero-order valence-corrected chi connectivity index (χ0v) is 15.7. The second-order valence-electron chi connectivity index (χ2n) is 6.58. The van der Waals surface area contributed by atoms with E-state index in [9.17, 15) is 9.59 Å². The first kappa shape index (κ1) is 18.5. The first-order valence-corrected chi connectivity index (χ1v) is 9.85. The second-order valence-corrected chi connectivity index (χ2v) is 7.92. The number of benzene rings is 1. The van der Waals surface area contributed by atoms with E-state index in [0.29, 0.717) is 17.5 Å². The zero-order valence-electron chi connectivity index (χ0n) is 14.9. The van der Waals surface area contributed by atoms with E-state index in [1.54, 1.807) is 22.6 Å². The summed E-state index contributed by atoms with van der Waals surface area (Å²) in [5.41, 5.74) is 0.698. The van der Waals surface area contributed by atoms with E-state index in [2.05, 4.69) is 15.7 Å². The average molecular weight is 372 g/mol. The van der Waals surface area contributed by atoms with E-state index < -0.39 is 11.8 Å². The SMILES string of the molecule is CC(Cn1cccn1)NC(=O)C(=O)Nc1ccccc1SC1CCCC1. The monoisotopic (exact) mass is 372 g/mol. The van der Waals surface area contributed by atoms with E-state index in [1.165, 1.54) is 25.7 Å². The molecule has 26 heavy (non-hydrogen) atoms. The van der Waals surface area contributed by atoms with Gasteiger partial charge in [0.25, 0.3) is 0 Å². The van der Waals surface area contributed by atoms with Gasteiger partial charge in [-0.05, 0) is 38.0 Å². The Kier molecular flexibility index (Phi) is 6.33. The number of nitrogens with one attached hydrogen (secondary N) is 2. The molecule has 0 radical (unpaired) electrons. The summed E-state index contributed by atoms with van der Waals surface area (Å²) in [6, 6.07) is 9.29. The fourth-order valence-corrected chi connectivity index (χ4v) is 4.39. The Morgan fingerprint density at radius 3 is 2.73 bits per heavy atom. The fourth-order valence-electron chi connectivity index (χ4n) is 3.06. The van der Waals surface area contributed by atoms with Crippen LogP contribution in [0.5, 0.6) is 0 Å². The molecular weight excluding hydrogens is 348 g/mol. The predicted molar refractivity (Wildman–Crippen MR) is 103 cm³/mol. The molecule has 6 nitrogen and oxygen atoms in total. The van der Waals surface area contributed by atoms with Crippen LogP contribution in [-0.2, 0) is 16.1 Å². The Balaban J connectivity index is 1.55. The predicted octanol–water partition coefficient (Wildman–Crippen LogP) is 3.06. The van der Waals surface area contributed by atoms with Crippen molar-refractivity contribution in [2.45, 2.75) is 55.3 Å². The normalized spacial score (nSPS) is 15.6. The van der Waals surface area contributed by atoms with Gasteiger partial charge in [0.05, 0.1) is 12.2 Å². The fraction of sp³-hybridized carbons (Fsp3) is 0.421. The molecule has 1 unspecified atom stereocenters. The van der Waals surface area contributed by atoms with Crippen LogP contribution in [0.1, 0.15) is 32.6 Å². The van der Waals surface area contributed by atoms with Gasteiger partial charge >= 0.3 is 11.8 Å². The highest BCUT2D eigenvalue weighted by atomic mass is 32.2. The Morgan fingerprint density at radius 1 is 1.23 bits per heavy atom. The van der Waals surface area contributed by atoms with Crippen LogP contribution in [0.25, 0.3) is 0 Å². The van der Waals surface area contributed by atoms with E-state index in [-0.39, 0.29) is 6.04 Å². The Hall–Kier alpha value is -2.28. The van der Waals surface area contributed by atoms with Crippen LogP contribution in [0.3, 0.4) is 0 Å². The molecular formula is C19H24N4O2S. The van der Waals surface area contributed by atoms with Gasteiger partial charge < -0.3 is 10.6 Å². The summed E-state index contributed by atoms with van der Waals surface area (Å²) >= 11 is 1.79. The summed E-state index contributed by atoms with van der Waals surface area (Å²) in [5, 5.41) is 10.2. The first-order chi connectivity index (χ1) is 12.6. The molecule has 2 amide bonds. The van der Waals surface area contributed by atoms with Gasteiger partial charge in [-0.3, -0.25) is 14.3 Å². The van der Waals surface area contributed by atoms with Crippen molar-refractivity contribution in [3.63, 3.8) is 0 Å². The molecule has 1 aliphatic rings. The largest absolute Gasteiger partial charge is 0.344 e. The van der Waals surface area contributed by atoms with Crippen molar-refractivity contribution in [3.05, 3.63) is 42.7 Å². The quantitative estimate of drug-likeness (QED) is 0.764. The Morgan fingerprint density at radius 2 is 2.00 bits per heavy atom. The molecule has 3 rings (SSSR count). The van der Waals surface area contributed by atoms with Gasteiger partial charge in [-0.15, -0.1) is 11.8 Å². The number of anilines is 1. The average Bonchev–Trinajstić information content (AvgIpc) is 3.30. The number of amides is 2. The maximum absolute atomic E-state index is 12.3. The highest BCUT2D eigenvalue weighted by Gasteiger charge is 2.20. The number of nitrogens with zero attached hydrogens (tertiary/aromatic N) is 2. The van der Waals surface area contributed by atoms with Gasteiger partial charge in [0, 0.05) is 28.6 Å². The lowest BCUT2D eigenvalue weighted by atomic mass is 10.3. The van der Waals surface area contributed by atoms with Crippen LogP contribution < -0.4 is 10.6 Å². The summed E-state index contributed by atoms with van der Waals surface area (Å²) in [4.78, 5) is 25.5. The standard InChI is InChI=1S/C19H24N4O2S/c1-14(13-23-12-6-11-20-23)21-18(24)19(25)22-16-9-4-5-10-17(16)26-15-7-2-3-8-15/h4-6,9-12,14-15H,2-3,7-8,13H2,1H3,(H,21,24)(H,22,25). The second kappa shape index (κ2) is 8.89. The highest BCUT2D eigenvalue weighted by molar-refractivity contribution is 8.00. The lowest BCUT2D eigenvalue weighted by Gasteiger charge is -2.16. The van der Waals surface area contributed by atoms with Gasteiger partial charge in [0.2, 0.25) is 0 Å². The molecule has 1 aromatic carbocycles. The number of carbonyl (C=O) groups is 2. The van der Waals surface area contributed by atoms with Crippen molar-refractivity contribution in [1.29, 1.82) is 0 Å². The summed E-state index contributed by atoms with van der Waals surface area (Å²) in [6.07, 6.45) is 8.45.